The quantitative estimate of drug-likeness (QED) is 0.169. The average Bonchev–Trinajstić information content (AvgIpc) is 2.76. The second-order valence-corrected chi connectivity index (χ2v) is 8.42. The molecule has 2 atom stereocenters. The molecule has 0 aliphatic carbocycles. The number of carbonyl (C=O) groups is 3. The fourth-order valence-electron chi connectivity index (χ4n) is 3.13. The van der Waals surface area contributed by atoms with Gasteiger partial charge in [-0.1, -0.05) is 0 Å². The maximum Gasteiger partial charge on any atom is 1.00 e. The first kappa shape index (κ1) is 25.9. The predicted octanol–water partition coefficient (Wildman–Crippen LogP) is -4.51. The third-order valence-electron chi connectivity index (χ3n) is 4.42. The van der Waals surface area contributed by atoms with Crippen molar-refractivity contribution >= 4 is 28.4 Å². The molecule has 160 valence electrons. The van der Waals surface area contributed by atoms with Gasteiger partial charge in [0.25, 0.3) is 5.91 Å². The number of amides is 4. The number of carboxylic acid groups (broad SMARTS) is 1. The van der Waals surface area contributed by atoms with Gasteiger partial charge >= 0.3 is 46.0 Å². The first-order chi connectivity index (χ1) is 12.8. The Labute approximate surface area is 190 Å². The molecule has 0 aromatic heterocycles. The van der Waals surface area contributed by atoms with Crippen molar-refractivity contribution in [2.45, 2.75) is 51.2 Å². The Hall–Kier alpha value is -1.16. The predicted molar refractivity (Wildman–Crippen MR) is 89.3 cm³/mol. The van der Waals surface area contributed by atoms with Gasteiger partial charge in [0, 0.05) is 18.6 Å². The Bertz CT molecular complexity index is 742. The molecule has 0 radical (unpaired) electrons. The summed E-state index contributed by atoms with van der Waals surface area (Å²) in [4.78, 5) is 42.8. The smallest absolute Gasteiger partial charge is 0.530 e. The van der Waals surface area contributed by atoms with Gasteiger partial charge < -0.3 is 19.7 Å². The number of hydrogen-bond acceptors (Lipinski definition) is 8. The Morgan fingerprint density at radius 1 is 1.34 bits per heavy atom. The molecular weight excluding hydrogens is 423 g/mol. The SMILES string of the molecule is CC(C)(C)N(CCONC(=O)[C@@H]1CC[C@@H]2CN1C(=O)N2OS(=O)(=O)O)C(=O)[O-].[Na+]. The van der Waals surface area contributed by atoms with Gasteiger partial charge in [-0.15, -0.1) is 4.28 Å². The second-order valence-electron chi connectivity index (χ2n) is 7.41. The zero-order chi connectivity index (χ0) is 21.3. The molecule has 0 unspecified atom stereocenters. The van der Waals surface area contributed by atoms with Gasteiger partial charge in [0.1, 0.15) is 12.1 Å². The summed E-state index contributed by atoms with van der Waals surface area (Å²) in [5.74, 6) is -0.642. The van der Waals surface area contributed by atoms with Crippen LogP contribution in [0.5, 0.6) is 0 Å². The third kappa shape index (κ3) is 6.67. The van der Waals surface area contributed by atoms with E-state index in [1.807, 2.05) is 0 Å². The fraction of sp³-hybridized carbons (Fsp3) is 0.786. The van der Waals surface area contributed by atoms with Crippen molar-refractivity contribution in [3.05, 3.63) is 0 Å². The van der Waals surface area contributed by atoms with Crippen molar-refractivity contribution in [3.8, 4) is 0 Å². The molecule has 2 fully saturated rings. The standard InChI is InChI=1S/C14H24N4O9S.Na/c1-14(2,3)17(13(21)22)6-7-26-15-11(19)10-5-4-9-8-16(10)12(20)18(9)27-28(23,24)25;/h9-10H,4-8H2,1-3H3,(H,15,19)(H,21,22)(H,23,24,25);/q;+1/p-1/t9-,10+;/m1./s1. The molecule has 0 aromatic rings. The number of piperidine rings is 1. The normalized spacial score (nSPS) is 21.6. The third-order valence-corrected chi connectivity index (χ3v) is 4.77. The van der Waals surface area contributed by atoms with E-state index >= 15 is 0 Å². The summed E-state index contributed by atoms with van der Waals surface area (Å²) in [5, 5.41) is 11.7. The summed E-state index contributed by atoms with van der Waals surface area (Å²) in [5.41, 5.74) is 1.46. The molecule has 2 saturated heterocycles. The van der Waals surface area contributed by atoms with Crippen LogP contribution in [0.4, 0.5) is 9.59 Å². The molecule has 15 heteroatoms. The summed E-state index contributed by atoms with van der Waals surface area (Å²) >= 11 is 0. The first-order valence-electron chi connectivity index (χ1n) is 8.48. The van der Waals surface area contributed by atoms with Gasteiger partial charge in [0.2, 0.25) is 0 Å². The maximum atomic E-state index is 12.3. The van der Waals surface area contributed by atoms with Crippen LogP contribution in [0.1, 0.15) is 33.6 Å². The van der Waals surface area contributed by atoms with E-state index in [9.17, 15) is 27.9 Å². The summed E-state index contributed by atoms with van der Waals surface area (Å²) < 4.78 is 34.7. The summed E-state index contributed by atoms with van der Waals surface area (Å²) in [6.07, 6.45) is -0.870. The van der Waals surface area contributed by atoms with Crippen LogP contribution in [-0.4, -0.2) is 83.2 Å². The van der Waals surface area contributed by atoms with Crippen LogP contribution in [-0.2, 0) is 24.3 Å². The van der Waals surface area contributed by atoms with Crippen molar-refractivity contribution in [3.63, 3.8) is 0 Å². The van der Waals surface area contributed by atoms with Gasteiger partial charge in [-0.25, -0.2) is 10.3 Å². The van der Waals surface area contributed by atoms with E-state index < -0.39 is 46.1 Å². The maximum absolute atomic E-state index is 12.3. The fourth-order valence-corrected chi connectivity index (χ4v) is 3.52. The number of fused-ring (bicyclic) bond motifs is 2. The number of rotatable bonds is 7. The molecule has 2 rings (SSSR count). The molecule has 2 N–H and O–H groups in total. The molecule has 29 heavy (non-hydrogen) atoms. The second kappa shape index (κ2) is 9.76. The van der Waals surface area contributed by atoms with Gasteiger partial charge in [-0.05, 0) is 33.6 Å². The van der Waals surface area contributed by atoms with Crippen molar-refractivity contribution in [1.29, 1.82) is 0 Å². The van der Waals surface area contributed by atoms with Crippen LogP contribution >= 0.6 is 0 Å². The Kier molecular flexibility index (Phi) is 8.71. The van der Waals surface area contributed by atoms with Gasteiger partial charge in [0.15, 0.2) is 0 Å². The molecule has 2 heterocycles. The minimum atomic E-state index is -4.87. The van der Waals surface area contributed by atoms with Crippen LogP contribution < -0.4 is 40.1 Å². The van der Waals surface area contributed by atoms with E-state index in [0.717, 1.165) is 9.80 Å². The van der Waals surface area contributed by atoms with Crippen LogP contribution in [0, 0.1) is 0 Å². The van der Waals surface area contributed by atoms with Crippen LogP contribution in [0.25, 0.3) is 0 Å². The van der Waals surface area contributed by atoms with E-state index in [2.05, 4.69) is 9.76 Å². The average molecular weight is 446 g/mol. The Balaban J connectivity index is 0.00000420. The van der Waals surface area contributed by atoms with Gasteiger partial charge in [-0.3, -0.25) is 14.2 Å². The summed E-state index contributed by atoms with van der Waals surface area (Å²) in [7, 11) is -4.87. The topological polar surface area (TPSA) is 169 Å². The molecule has 4 amide bonds. The number of hydroxylamine groups is 3. The molecule has 0 saturated carbocycles. The zero-order valence-electron chi connectivity index (χ0n) is 16.7. The largest absolute Gasteiger partial charge is 1.00 e. The Morgan fingerprint density at radius 2 is 1.97 bits per heavy atom. The van der Waals surface area contributed by atoms with Crippen LogP contribution in [0.3, 0.4) is 0 Å². The van der Waals surface area contributed by atoms with Crippen molar-refractivity contribution < 1.29 is 71.1 Å². The first-order valence-corrected chi connectivity index (χ1v) is 9.85. The van der Waals surface area contributed by atoms with E-state index in [0.29, 0.717) is 5.06 Å². The molecule has 2 aliphatic heterocycles. The number of nitrogens with zero attached hydrogens (tertiary/aromatic N) is 3. The molecule has 2 bridgehead atoms. The van der Waals surface area contributed by atoms with E-state index in [1.54, 1.807) is 20.8 Å². The summed E-state index contributed by atoms with van der Waals surface area (Å²) in [6, 6.07) is -2.39. The van der Waals surface area contributed by atoms with Crippen LogP contribution in [0.15, 0.2) is 0 Å². The minimum absolute atomic E-state index is 0. The molecule has 0 aromatic carbocycles. The van der Waals surface area contributed by atoms with Crippen molar-refractivity contribution in [2.24, 2.45) is 0 Å². The van der Waals surface area contributed by atoms with Crippen LogP contribution in [0.2, 0.25) is 0 Å². The number of carbonyl (C=O) groups excluding carboxylic acids is 3. The molecule has 13 nitrogen and oxygen atoms in total. The summed E-state index contributed by atoms with van der Waals surface area (Å²) in [6.45, 7) is 4.91. The molecule has 0 spiro atoms. The monoisotopic (exact) mass is 446 g/mol. The van der Waals surface area contributed by atoms with E-state index in [1.165, 1.54) is 0 Å². The van der Waals surface area contributed by atoms with Gasteiger partial charge in [-0.2, -0.15) is 13.5 Å². The number of nitrogens with one attached hydrogen (secondary N) is 1. The van der Waals surface area contributed by atoms with Crippen molar-refractivity contribution in [1.82, 2.24) is 20.3 Å². The number of urea groups is 1. The zero-order valence-corrected chi connectivity index (χ0v) is 19.5. The van der Waals surface area contributed by atoms with Crippen molar-refractivity contribution in [2.75, 3.05) is 19.7 Å². The van der Waals surface area contributed by atoms with E-state index in [-0.39, 0.29) is 62.1 Å². The Morgan fingerprint density at radius 3 is 2.48 bits per heavy atom. The number of hydrogen-bond donors (Lipinski definition) is 2. The minimum Gasteiger partial charge on any atom is -0.530 e. The molecule has 2 aliphatic rings. The molecular formula is C14H23N4NaO9S. The van der Waals surface area contributed by atoms with E-state index in [4.69, 9.17) is 9.39 Å². The van der Waals surface area contributed by atoms with Gasteiger partial charge in [0.05, 0.1) is 12.6 Å².